The van der Waals surface area contributed by atoms with Gasteiger partial charge in [-0.25, -0.2) is 0 Å². The number of hydrogen-bond donors (Lipinski definition) is 0. The fourth-order valence-electron chi connectivity index (χ4n) is 0.562. The van der Waals surface area contributed by atoms with Crippen LogP contribution in [0.1, 0.15) is 11.1 Å². The van der Waals surface area contributed by atoms with E-state index in [1.165, 1.54) is 18.5 Å². The molecule has 10 heavy (non-hydrogen) atoms. The van der Waals surface area contributed by atoms with Gasteiger partial charge in [0.1, 0.15) is 12.1 Å². The van der Waals surface area contributed by atoms with Gasteiger partial charge in [0.2, 0.25) is 0 Å². The van der Waals surface area contributed by atoms with Crippen molar-refractivity contribution in [3.05, 3.63) is 29.6 Å². The van der Waals surface area contributed by atoms with Crippen molar-refractivity contribution in [3.63, 3.8) is 0 Å². The van der Waals surface area contributed by atoms with Crippen LogP contribution in [-0.2, 0) is 0 Å². The number of nitrogens with zero attached hydrogens (tertiary/aromatic N) is 3. The van der Waals surface area contributed by atoms with Gasteiger partial charge < -0.3 is 0 Å². The van der Waals surface area contributed by atoms with Crippen LogP contribution in [0.5, 0.6) is 0 Å². The van der Waals surface area contributed by atoms with Crippen molar-refractivity contribution < 1.29 is 0 Å². The number of hydrogen-bond acceptors (Lipinski definition) is 3. The summed E-state index contributed by atoms with van der Waals surface area (Å²) in [6, 6.07) is 5.27. The van der Waals surface area contributed by atoms with Gasteiger partial charge in [-0.05, 0) is 6.07 Å². The second kappa shape index (κ2) is 2.61. The average Bonchev–Trinajstić information content (AvgIpc) is 2.05. The molecule has 0 N–H and O–H groups in total. The first-order valence-electron chi connectivity index (χ1n) is 2.62. The molecule has 0 aliphatic rings. The van der Waals surface area contributed by atoms with Crippen LogP contribution in [0, 0.1) is 22.7 Å². The minimum absolute atomic E-state index is 0.416. The standard InChI is InChI=1S/C7H3N3/c8-2-6-1-7(3-9)5-10-4-6/h1,4-5H. The fraction of sp³-hybridized carbons (Fsp3) is 0. The maximum absolute atomic E-state index is 8.36. The molecule has 46 valence electrons. The number of nitriles is 2. The first kappa shape index (κ1) is 6.25. The lowest BCUT2D eigenvalue weighted by molar-refractivity contribution is 1.28. The van der Waals surface area contributed by atoms with E-state index in [1.54, 1.807) is 0 Å². The van der Waals surface area contributed by atoms with E-state index in [0.717, 1.165) is 0 Å². The molecule has 0 aliphatic heterocycles. The summed E-state index contributed by atoms with van der Waals surface area (Å²) in [6.45, 7) is 0. The Morgan fingerprint density at radius 3 is 2.00 bits per heavy atom. The van der Waals surface area contributed by atoms with Crippen LogP contribution < -0.4 is 0 Å². The summed E-state index contributed by atoms with van der Waals surface area (Å²) in [4.78, 5) is 3.68. The fourth-order valence-corrected chi connectivity index (χ4v) is 0.562. The quantitative estimate of drug-likeness (QED) is 0.521. The summed E-state index contributed by atoms with van der Waals surface area (Å²) in [5.74, 6) is 0. The second-order valence-corrected chi connectivity index (χ2v) is 1.69. The summed E-state index contributed by atoms with van der Waals surface area (Å²) >= 11 is 0. The average molecular weight is 129 g/mol. The van der Waals surface area contributed by atoms with E-state index < -0.39 is 0 Å². The summed E-state index contributed by atoms with van der Waals surface area (Å²) < 4.78 is 0. The van der Waals surface area contributed by atoms with Crippen molar-refractivity contribution in [2.24, 2.45) is 0 Å². The zero-order valence-corrected chi connectivity index (χ0v) is 5.07. The minimum atomic E-state index is 0.416. The summed E-state index contributed by atoms with van der Waals surface area (Å²) in [6.07, 6.45) is 2.84. The minimum Gasteiger partial charge on any atom is -0.262 e. The Balaban J connectivity index is 3.17. The first-order valence-corrected chi connectivity index (χ1v) is 2.62. The van der Waals surface area contributed by atoms with Crippen molar-refractivity contribution in [3.8, 4) is 12.1 Å². The Morgan fingerprint density at radius 1 is 1.10 bits per heavy atom. The molecular weight excluding hydrogens is 126 g/mol. The predicted octanol–water partition coefficient (Wildman–Crippen LogP) is 0.825. The molecule has 0 aliphatic carbocycles. The topological polar surface area (TPSA) is 60.5 Å². The van der Waals surface area contributed by atoms with E-state index >= 15 is 0 Å². The number of rotatable bonds is 0. The molecule has 0 aromatic carbocycles. The van der Waals surface area contributed by atoms with Crippen molar-refractivity contribution in [2.45, 2.75) is 0 Å². The maximum Gasteiger partial charge on any atom is 0.101 e. The van der Waals surface area contributed by atoms with Crippen LogP contribution in [0.2, 0.25) is 0 Å². The molecule has 0 saturated carbocycles. The predicted molar refractivity (Wildman–Crippen MR) is 33.7 cm³/mol. The second-order valence-electron chi connectivity index (χ2n) is 1.69. The molecular formula is C7H3N3. The van der Waals surface area contributed by atoms with Gasteiger partial charge in [0.25, 0.3) is 0 Å². The Morgan fingerprint density at radius 2 is 1.60 bits per heavy atom. The van der Waals surface area contributed by atoms with Gasteiger partial charge in [0.05, 0.1) is 11.1 Å². The Labute approximate surface area is 58.2 Å². The molecule has 1 rings (SSSR count). The van der Waals surface area contributed by atoms with Crippen molar-refractivity contribution in [1.29, 1.82) is 10.5 Å². The highest BCUT2D eigenvalue weighted by atomic mass is 14.6. The molecule has 0 saturated heterocycles. The van der Waals surface area contributed by atoms with Gasteiger partial charge >= 0.3 is 0 Å². The van der Waals surface area contributed by atoms with Crippen molar-refractivity contribution in [1.82, 2.24) is 4.98 Å². The van der Waals surface area contributed by atoms with Crippen LogP contribution in [0.3, 0.4) is 0 Å². The normalized spacial score (nSPS) is 7.80. The van der Waals surface area contributed by atoms with Crippen LogP contribution in [0.4, 0.5) is 0 Å². The zero-order chi connectivity index (χ0) is 7.40. The Kier molecular flexibility index (Phi) is 1.63. The van der Waals surface area contributed by atoms with Gasteiger partial charge in [-0.15, -0.1) is 0 Å². The third-order valence-electron chi connectivity index (χ3n) is 0.996. The zero-order valence-electron chi connectivity index (χ0n) is 5.07. The van der Waals surface area contributed by atoms with Gasteiger partial charge in [-0.3, -0.25) is 4.98 Å². The van der Waals surface area contributed by atoms with Gasteiger partial charge in [0, 0.05) is 12.4 Å². The highest BCUT2D eigenvalue weighted by Crippen LogP contribution is 1.97. The summed E-state index contributed by atoms with van der Waals surface area (Å²) in [7, 11) is 0. The molecule has 0 bridgehead atoms. The van der Waals surface area contributed by atoms with Crippen LogP contribution in [0.15, 0.2) is 18.5 Å². The Bertz CT molecular complexity index is 287. The lowest BCUT2D eigenvalue weighted by Crippen LogP contribution is -1.80. The van der Waals surface area contributed by atoms with Crippen molar-refractivity contribution in [2.75, 3.05) is 0 Å². The van der Waals surface area contributed by atoms with Gasteiger partial charge in [0.15, 0.2) is 0 Å². The summed E-state index contributed by atoms with van der Waals surface area (Å²) in [5, 5.41) is 16.7. The van der Waals surface area contributed by atoms with Crippen LogP contribution in [-0.4, -0.2) is 4.98 Å². The molecule has 0 spiro atoms. The lowest BCUT2D eigenvalue weighted by atomic mass is 10.2. The SMILES string of the molecule is N#Cc1cncc(C#N)c1. The van der Waals surface area contributed by atoms with E-state index in [1.807, 2.05) is 12.1 Å². The smallest absolute Gasteiger partial charge is 0.101 e. The maximum atomic E-state index is 8.36. The molecule has 3 nitrogen and oxygen atoms in total. The first-order chi connectivity index (χ1) is 4.86. The highest BCUT2D eigenvalue weighted by Gasteiger charge is 1.91. The van der Waals surface area contributed by atoms with Crippen LogP contribution in [0.25, 0.3) is 0 Å². The number of aromatic nitrogens is 1. The van der Waals surface area contributed by atoms with E-state index in [2.05, 4.69) is 4.98 Å². The lowest BCUT2D eigenvalue weighted by Gasteiger charge is -1.85. The van der Waals surface area contributed by atoms with E-state index in [4.69, 9.17) is 10.5 Å². The van der Waals surface area contributed by atoms with E-state index in [0.29, 0.717) is 11.1 Å². The molecule has 1 aromatic heterocycles. The molecule has 1 aromatic rings. The molecule has 3 heteroatoms. The monoisotopic (exact) mass is 129 g/mol. The molecule has 0 unspecified atom stereocenters. The van der Waals surface area contributed by atoms with Gasteiger partial charge in [-0.2, -0.15) is 10.5 Å². The van der Waals surface area contributed by atoms with E-state index in [9.17, 15) is 0 Å². The van der Waals surface area contributed by atoms with Crippen LogP contribution >= 0.6 is 0 Å². The molecule has 1 heterocycles. The van der Waals surface area contributed by atoms with Crippen molar-refractivity contribution >= 4 is 0 Å². The Hall–Kier alpha value is -1.87. The third-order valence-corrected chi connectivity index (χ3v) is 0.996. The molecule has 0 atom stereocenters. The third kappa shape index (κ3) is 1.10. The molecule has 0 radical (unpaired) electrons. The largest absolute Gasteiger partial charge is 0.262 e. The highest BCUT2D eigenvalue weighted by molar-refractivity contribution is 5.34. The molecule has 0 amide bonds. The van der Waals surface area contributed by atoms with E-state index in [-0.39, 0.29) is 0 Å². The summed E-state index contributed by atoms with van der Waals surface area (Å²) in [5.41, 5.74) is 0.832. The number of pyridine rings is 1. The molecule has 0 fully saturated rings. The van der Waals surface area contributed by atoms with Gasteiger partial charge in [-0.1, -0.05) is 0 Å².